The number of pyridine rings is 1. The van der Waals surface area contributed by atoms with Crippen LogP contribution in [0, 0.1) is 0 Å². The normalized spacial score (nSPS) is 14.0. The summed E-state index contributed by atoms with van der Waals surface area (Å²) in [5.74, 6) is 0.441. The molecule has 27 heavy (non-hydrogen) atoms. The van der Waals surface area contributed by atoms with E-state index in [1.807, 2.05) is 36.4 Å². The fourth-order valence-electron chi connectivity index (χ4n) is 3.02. The minimum absolute atomic E-state index is 0.117. The molecule has 1 fully saturated rings. The fourth-order valence-corrected chi connectivity index (χ4v) is 3.02. The Morgan fingerprint density at radius 2 is 1.70 bits per heavy atom. The van der Waals surface area contributed by atoms with Gasteiger partial charge < -0.3 is 19.9 Å². The summed E-state index contributed by atoms with van der Waals surface area (Å²) in [6.45, 7) is 3.12. The van der Waals surface area contributed by atoms with Crippen molar-refractivity contribution in [2.24, 2.45) is 0 Å². The number of hydrogen-bond acceptors (Lipinski definition) is 5. The first kappa shape index (κ1) is 18.7. The Morgan fingerprint density at radius 3 is 2.33 bits per heavy atom. The maximum atomic E-state index is 12.4. The molecule has 3 rings (SSSR count). The number of carbonyl (C=O) groups excluding carboxylic acids is 2. The third kappa shape index (κ3) is 5.20. The van der Waals surface area contributed by atoms with Crippen molar-refractivity contribution in [1.29, 1.82) is 0 Å². The third-order valence-corrected chi connectivity index (χ3v) is 4.62. The Kier molecular flexibility index (Phi) is 6.25. The number of nitrogens with zero attached hydrogens (tertiary/aromatic N) is 3. The number of amides is 2. The molecular weight excluding hydrogens is 344 g/mol. The highest BCUT2D eigenvalue weighted by Gasteiger charge is 2.22. The van der Waals surface area contributed by atoms with Gasteiger partial charge >= 0.3 is 0 Å². The van der Waals surface area contributed by atoms with Gasteiger partial charge in [0.05, 0.1) is 7.11 Å². The average molecular weight is 368 g/mol. The molecule has 0 atom stereocenters. The summed E-state index contributed by atoms with van der Waals surface area (Å²) in [5.41, 5.74) is 2.07. The number of benzene rings is 1. The summed E-state index contributed by atoms with van der Waals surface area (Å²) in [7, 11) is 1.65. The maximum Gasteiger partial charge on any atom is 0.232 e. The van der Waals surface area contributed by atoms with Crippen LogP contribution >= 0.6 is 0 Å². The van der Waals surface area contributed by atoms with Crippen molar-refractivity contribution in [2.45, 2.75) is 13.0 Å². The van der Waals surface area contributed by atoms with Crippen molar-refractivity contribution < 1.29 is 14.3 Å². The summed E-state index contributed by atoms with van der Waals surface area (Å²) < 4.78 is 5.18. The molecule has 0 aliphatic carbocycles. The maximum absolute atomic E-state index is 12.4. The molecule has 142 valence electrons. The number of anilines is 1. The lowest BCUT2D eigenvalue weighted by atomic mass is 10.2. The highest BCUT2D eigenvalue weighted by molar-refractivity contribution is 5.96. The van der Waals surface area contributed by atoms with E-state index in [0.29, 0.717) is 19.6 Å². The zero-order valence-corrected chi connectivity index (χ0v) is 15.4. The van der Waals surface area contributed by atoms with Crippen molar-refractivity contribution >= 4 is 17.5 Å². The van der Waals surface area contributed by atoms with Crippen molar-refractivity contribution in [3.05, 3.63) is 54.4 Å². The van der Waals surface area contributed by atoms with E-state index in [-0.39, 0.29) is 18.2 Å². The molecule has 1 aliphatic rings. The first-order valence-electron chi connectivity index (χ1n) is 8.98. The highest BCUT2D eigenvalue weighted by atomic mass is 16.5. The van der Waals surface area contributed by atoms with Crippen molar-refractivity contribution in [2.75, 3.05) is 38.2 Å². The lowest BCUT2D eigenvalue weighted by molar-refractivity contribution is -0.136. The summed E-state index contributed by atoms with van der Waals surface area (Å²) in [4.78, 5) is 32.3. The standard InChI is InChI=1S/C20H24N4O3/c1-27-18-4-2-17(3-5-18)23-10-12-24(13-11-23)20(26)14-19(25)22-15-16-6-8-21-9-7-16/h2-9H,10-15H2,1H3,(H,22,25). The monoisotopic (exact) mass is 368 g/mol. The molecule has 0 bridgehead atoms. The number of piperazine rings is 1. The van der Waals surface area contributed by atoms with Gasteiger partial charge in [-0.15, -0.1) is 0 Å². The lowest BCUT2D eigenvalue weighted by Crippen LogP contribution is -2.49. The molecule has 1 aromatic carbocycles. The molecule has 1 saturated heterocycles. The molecule has 0 unspecified atom stereocenters. The van der Waals surface area contributed by atoms with Crippen molar-refractivity contribution in [3.8, 4) is 5.75 Å². The second-order valence-corrected chi connectivity index (χ2v) is 6.37. The fraction of sp³-hybridized carbons (Fsp3) is 0.350. The van der Waals surface area contributed by atoms with Crippen LogP contribution in [0.15, 0.2) is 48.8 Å². The van der Waals surface area contributed by atoms with Crippen molar-refractivity contribution in [3.63, 3.8) is 0 Å². The molecule has 0 spiro atoms. The molecule has 7 nitrogen and oxygen atoms in total. The van der Waals surface area contributed by atoms with Gasteiger partial charge in [-0.3, -0.25) is 14.6 Å². The van der Waals surface area contributed by atoms with Crippen LogP contribution in [0.1, 0.15) is 12.0 Å². The molecule has 1 aliphatic heterocycles. The first-order valence-corrected chi connectivity index (χ1v) is 8.98. The van der Waals surface area contributed by atoms with Gasteiger partial charge in [-0.25, -0.2) is 0 Å². The smallest absolute Gasteiger partial charge is 0.232 e. The quantitative estimate of drug-likeness (QED) is 0.781. The van der Waals surface area contributed by atoms with Crippen LogP contribution in [0.2, 0.25) is 0 Å². The average Bonchev–Trinajstić information content (AvgIpc) is 2.73. The summed E-state index contributed by atoms with van der Waals surface area (Å²) >= 11 is 0. The van der Waals surface area contributed by atoms with Crippen LogP contribution in [-0.4, -0.2) is 55.0 Å². The van der Waals surface area contributed by atoms with Crippen LogP contribution in [0.5, 0.6) is 5.75 Å². The van der Waals surface area contributed by atoms with Gasteiger partial charge in [-0.05, 0) is 42.0 Å². The van der Waals surface area contributed by atoms with Crippen LogP contribution in [0.4, 0.5) is 5.69 Å². The second-order valence-electron chi connectivity index (χ2n) is 6.37. The van der Waals surface area contributed by atoms with Gasteiger partial charge in [-0.1, -0.05) is 0 Å². The van der Waals surface area contributed by atoms with E-state index in [4.69, 9.17) is 4.74 Å². The minimum Gasteiger partial charge on any atom is -0.497 e. The number of aromatic nitrogens is 1. The van der Waals surface area contributed by atoms with Gasteiger partial charge in [0.1, 0.15) is 12.2 Å². The summed E-state index contributed by atoms with van der Waals surface area (Å²) in [6.07, 6.45) is 3.23. The largest absolute Gasteiger partial charge is 0.497 e. The lowest BCUT2D eigenvalue weighted by Gasteiger charge is -2.36. The summed E-state index contributed by atoms with van der Waals surface area (Å²) in [5, 5.41) is 2.78. The Balaban J connectivity index is 1.43. The van der Waals surface area contributed by atoms with Crippen LogP contribution in [-0.2, 0) is 16.1 Å². The Hall–Kier alpha value is -3.09. The van der Waals surface area contributed by atoms with E-state index in [1.165, 1.54) is 0 Å². The van der Waals surface area contributed by atoms with E-state index in [1.54, 1.807) is 24.4 Å². The van der Waals surface area contributed by atoms with Gasteiger partial charge in [0.25, 0.3) is 0 Å². The van der Waals surface area contributed by atoms with Crippen LogP contribution in [0.25, 0.3) is 0 Å². The third-order valence-electron chi connectivity index (χ3n) is 4.62. The molecule has 7 heteroatoms. The molecule has 1 N–H and O–H groups in total. The zero-order valence-electron chi connectivity index (χ0n) is 15.4. The molecule has 1 aromatic heterocycles. The zero-order chi connectivity index (χ0) is 19.1. The Bertz CT molecular complexity index is 757. The number of hydrogen-bond donors (Lipinski definition) is 1. The summed E-state index contributed by atoms with van der Waals surface area (Å²) in [6, 6.07) is 11.6. The van der Waals surface area contributed by atoms with Gasteiger partial charge in [0.2, 0.25) is 11.8 Å². The first-order chi connectivity index (χ1) is 13.2. The highest BCUT2D eigenvalue weighted by Crippen LogP contribution is 2.20. The number of nitrogens with one attached hydrogen (secondary N) is 1. The topological polar surface area (TPSA) is 74.8 Å². The predicted octanol–water partition coefficient (Wildman–Crippen LogP) is 1.45. The van der Waals surface area contributed by atoms with Gasteiger partial charge in [0.15, 0.2) is 0 Å². The molecule has 2 aromatic rings. The molecule has 0 radical (unpaired) electrons. The minimum atomic E-state index is -0.255. The Morgan fingerprint density at radius 1 is 1.04 bits per heavy atom. The number of rotatable bonds is 6. The Labute approximate surface area is 158 Å². The van der Waals surface area contributed by atoms with E-state index >= 15 is 0 Å². The molecule has 2 amide bonds. The number of ether oxygens (including phenoxy) is 1. The van der Waals surface area contributed by atoms with Crippen molar-refractivity contribution in [1.82, 2.24) is 15.2 Å². The SMILES string of the molecule is COc1ccc(N2CCN(C(=O)CC(=O)NCc3ccncc3)CC2)cc1. The molecule has 2 heterocycles. The molecule has 0 saturated carbocycles. The van der Waals surface area contributed by atoms with Gasteiger partial charge in [0, 0.05) is 50.8 Å². The van der Waals surface area contributed by atoms with E-state index in [2.05, 4.69) is 15.2 Å². The van der Waals surface area contributed by atoms with Gasteiger partial charge in [-0.2, -0.15) is 0 Å². The number of methoxy groups -OCH3 is 1. The predicted molar refractivity (Wildman–Crippen MR) is 102 cm³/mol. The molecular formula is C20H24N4O3. The second kappa shape index (κ2) is 9.02. The van der Waals surface area contributed by atoms with E-state index in [0.717, 1.165) is 30.1 Å². The number of carbonyl (C=O) groups is 2. The van der Waals surface area contributed by atoms with E-state index in [9.17, 15) is 9.59 Å². The van der Waals surface area contributed by atoms with Crippen LogP contribution < -0.4 is 15.0 Å². The van der Waals surface area contributed by atoms with E-state index < -0.39 is 0 Å². The van der Waals surface area contributed by atoms with Crippen LogP contribution in [0.3, 0.4) is 0 Å².